The quantitative estimate of drug-likeness (QED) is 0.862. The van der Waals surface area contributed by atoms with Crippen molar-refractivity contribution in [3.63, 3.8) is 0 Å². The summed E-state index contributed by atoms with van der Waals surface area (Å²) in [6.07, 6.45) is 4.61. The topological polar surface area (TPSA) is 34.1 Å². The zero-order valence-corrected chi connectivity index (χ0v) is 11.5. The summed E-state index contributed by atoms with van der Waals surface area (Å²) < 4.78 is 5.70. The third-order valence-electron chi connectivity index (χ3n) is 3.11. The smallest absolute Gasteiger partial charge is 0.124 e. The fourth-order valence-electron chi connectivity index (χ4n) is 2.18. The predicted octanol–water partition coefficient (Wildman–Crippen LogP) is 2.98. The number of pyridine rings is 1. The first-order valence-electron chi connectivity index (χ1n) is 6.63. The third kappa shape index (κ3) is 3.55. The summed E-state index contributed by atoms with van der Waals surface area (Å²) in [5.74, 6) is 0.952. The molecular weight excluding hydrogens is 236 g/mol. The van der Waals surface area contributed by atoms with Crippen LogP contribution in [0, 0.1) is 0 Å². The Morgan fingerprint density at radius 1 is 1.21 bits per heavy atom. The Balaban J connectivity index is 2.22. The molecule has 1 unspecified atom stereocenters. The Morgan fingerprint density at radius 3 is 2.74 bits per heavy atom. The van der Waals surface area contributed by atoms with Crippen LogP contribution in [-0.4, -0.2) is 18.6 Å². The Bertz CT molecular complexity index is 499. The fourth-order valence-corrected chi connectivity index (χ4v) is 2.18. The number of nitrogens with zero attached hydrogens (tertiary/aromatic N) is 1. The van der Waals surface area contributed by atoms with Crippen molar-refractivity contribution < 1.29 is 4.74 Å². The SMILES string of the molecule is CCOc1ccccc1C(Cc1cccnc1)NC. The van der Waals surface area contributed by atoms with E-state index in [1.165, 1.54) is 11.1 Å². The minimum absolute atomic E-state index is 0.229. The molecule has 3 heteroatoms. The molecule has 19 heavy (non-hydrogen) atoms. The molecule has 1 heterocycles. The minimum atomic E-state index is 0.229. The first kappa shape index (κ1) is 13.6. The standard InChI is InChI=1S/C16H20N2O/c1-3-19-16-9-5-4-8-14(16)15(17-2)11-13-7-6-10-18-12-13/h4-10,12,15,17H,3,11H2,1-2H3. The number of rotatable bonds is 6. The minimum Gasteiger partial charge on any atom is -0.494 e. The van der Waals surface area contributed by atoms with Crippen LogP contribution in [0.2, 0.25) is 0 Å². The lowest BCUT2D eigenvalue weighted by Crippen LogP contribution is -2.19. The van der Waals surface area contributed by atoms with Crippen LogP contribution >= 0.6 is 0 Å². The van der Waals surface area contributed by atoms with E-state index in [-0.39, 0.29) is 6.04 Å². The normalized spacial score (nSPS) is 12.1. The number of aromatic nitrogens is 1. The highest BCUT2D eigenvalue weighted by Crippen LogP contribution is 2.27. The van der Waals surface area contributed by atoms with Crippen molar-refractivity contribution >= 4 is 0 Å². The third-order valence-corrected chi connectivity index (χ3v) is 3.11. The largest absolute Gasteiger partial charge is 0.494 e. The Morgan fingerprint density at radius 2 is 2.05 bits per heavy atom. The summed E-state index contributed by atoms with van der Waals surface area (Å²) in [7, 11) is 1.98. The van der Waals surface area contributed by atoms with Gasteiger partial charge in [-0.3, -0.25) is 4.98 Å². The van der Waals surface area contributed by atoms with Crippen LogP contribution in [0.25, 0.3) is 0 Å². The number of hydrogen-bond acceptors (Lipinski definition) is 3. The molecule has 0 saturated heterocycles. The molecule has 100 valence electrons. The van der Waals surface area contributed by atoms with E-state index in [0.29, 0.717) is 6.61 Å². The number of para-hydroxylation sites is 1. The zero-order valence-electron chi connectivity index (χ0n) is 11.5. The Labute approximate surface area is 114 Å². The summed E-state index contributed by atoms with van der Waals surface area (Å²) in [5.41, 5.74) is 2.41. The first-order valence-corrected chi connectivity index (χ1v) is 6.63. The van der Waals surface area contributed by atoms with E-state index in [1.54, 1.807) is 6.20 Å². The van der Waals surface area contributed by atoms with Gasteiger partial charge in [-0.25, -0.2) is 0 Å². The second-order valence-electron chi connectivity index (χ2n) is 4.38. The van der Waals surface area contributed by atoms with Gasteiger partial charge in [-0.1, -0.05) is 24.3 Å². The maximum atomic E-state index is 5.70. The van der Waals surface area contributed by atoms with Crippen LogP contribution in [0.3, 0.4) is 0 Å². The number of ether oxygens (including phenoxy) is 1. The van der Waals surface area contributed by atoms with Gasteiger partial charge >= 0.3 is 0 Å². The highest BCUT2D eigenvalue weighted by molar-refractivity contribution is 5.36. The van der Waals surface area contributed by atoms with Gasteiger partial charge in [0, 0.05) is 24.0 Å². The van der Waals surface area contributed by atoms with Gasteiger partial charge < -0.3 is 10.1 Å². The van der Waals surface area contributed by atoms with Crippen LogP contribution in [0.4, 0.5) is 0 Å². The van der Waals surface area contributed by atoms with Crippen molar-refractivity contribution in [3.05, 3.63) is 59.9 Å². The lowest BCUT2D eigenvalue weighted by atomic mass is 9.99. The van der Waals surface area contributed by atoms with Gasteiger partial charge in [-0.15, -0.1) is 0 Å². The van der Waals surface area contributed by atoms with Crippen molar-refractivity contribution in [2.75, 3.05) is 13.7 Å². The first-order chi connectivity index (χ1) is 9.35. The van der Waals surface area contributed by atoms with Crippen molar-refractivity contribution in [3.8, 4) is 5.75 Å². The van der Waals surface area contributed by atoms with Gasteiger partial charge in [0.1, 0.15) is 5.75 Å². The van der Waals surface area contributed by atoms with Crippen LogP contribution in [0.1, 0.15) is 24.1 Å². The molecule has 0 aliphatic heterocycles. The van der Waals surface area contributed by atoms with E-state index in [4.69, 9.17) is 4.74 Å². The van der Waals surface area contributed by atoms with Crippen molar-refractivity contribution in [1.82, 2.24) is 10.3 Å². The molecule has 0 fully saturated rings. The molecular formula is C16H20N2O. The molecule has 0 amide bonds. The molecule has 1 N–H and O–H groups in total. The van der Waals surface area contributed by atoms with E-state index in [2.05, 4.69) is 22.4 Å². The highest BCUT2D eigenvalue weighted by Gasteiger charge is 2.14. The summed E-state index contributed by atoms with van der Waals surface area (Å²) >= 11 is 0. The van der Waals surface area contributed by atoms with Crippen molar-refractivity contribution in [1.29, 1.82) is 0 Å². The number of hydrogen-bond donors (Lipinski definition) is 1. The van der Waals surface area contributed by atoms with Crippen LogP contribution < -0.4 is 10.1 Å². The second-order valence-corrected chi connectivity index (χ2v) is 4.38. The molecule has 0 saturated carbocycles. The van der Waals surface area contributed by atoms with E-state index < -0.39 is 0 Å². The number of benzene rings is 1. The van der Waals surface area contributed by atoms with Gasteiger partial charge in [0.25, 0.3) is 0 Å². The molecule has 1 atom stereocenters. The van der Waals surface area contributed by atoms with E-state index in [0.717, 1.165) is 12.2 Å². The molecule has 2 aromatic rings. The van der Waals surface area contributed by atoms with Crippen LogP contribution in [-0.2, 0) is 6.42 Å². The second kappa shape index (κ2) is 6.90. The molecule has 3 nitrogen and oxygen atoms in total. The summed E-state index contributed by atoms with van der Waals surface area (Å²) in [6, 6.07) is 12.5. The van der Waals surface area contributed by atoms with Gasteiger partial charge in [-0.05, 0) is 38.1 Å². The summed E-state index contributed by atoms with van der Waals surface area (Å²) in [6.45, 7) is 2.69. The highest BCUT2D eigenvalue weighted by atomic mass is 16.5. The summed E-state index contributed by atoms with van der Waals surface area (Å²) in [5, 5.41) is 3.36. The van der Waals surface area contributed by atoms with E-state index in [9.17, 15) is 0 Å². The maximum absolute atomic E-state index is 5.70. The summed E-state index contributed by atoms with van der Waals surface area (Å²) in [4.78, 5) is 4.17. The van der Waals surface area contributed by atoms with Crippen LogP contribution in [0.15, 0.2) is 48.8 Å². The lowest BCUT2D eigenvalue weighted by Gasteiger charge is -2.20. The monoisotopic (exact) mass is 256 g/mol. The lowest BCUT2D eigenvalue weighted by molar-refractivity contribution is 0.332. The van der Waals surface area contributed by atoms with E-state index >= 15 is 0 Å². The average molecular weight is 256 g/mol. The molecule has 2 rings (SSSR count). The predicted molar refractivity (Wildman–Crippen MR) is 77.4 cm³/mol. The molecule has 1 aromatic heterocycles. The number of nitrogens with one attached hydrogen (secondary N) is 1. The Hall–Kier alpha value is -1.87. The Kier molecular flexibility index (Phi) is 4.93. The molecule has 0 spiro atoms. The van der Waals surface area contributed by atoms with Gasteiger partial charge in [0.15, 0.2) is 0 Å². The van der Waals surface area contributed by atoms with Crippen molar-refractivity contribution in [2.24, 2.45) is 0 Å². The molecule has 0 aliphatic carbocycles. The molecule has 0 radical (unpaired) electrons. The molecule has 1 aromatic carbocycles. The van der Waals surface area contributed by atoms with Gasteiger partial charge in [0.05, 0.1) is 6.61 Å². The van der Waals surface area contributed by atoms with Crippen molar-refractivity contribution in [2.45, 2.75) is 19.4 Å². The molecule has 0 aliphatic rings. The fraction of sp³-hybridized carbons (Fsp3) is 0.312. The zero-order chi connectivity index (χ0) is 13.5. The van der Waals surface area contributed by atoms with E-state index in [1.807, 2.05) is 44.4 Å². The maximum Gasteiger partial charge on any atom is 0.124 e. The van der Waals surface area contributed by atoms with Gasteiger partial charge in [0.2, 0.25) is 0 Å². The van der Waals surface area contributed by atoms with Crippen LogP contribution in [0.5, 0.6) is 5.75 Å². The van der Waals surface area contributed by atoms with Gasteiger partial charge in [-0.2, -0.15) is 0 Å². The average Bonchev–Trinajstić information content (AvgIpc) is 2.47. The molecule has 0 bridgehead atoms. The number of likely N-dealkylation sites (N-methyl/N-ethyl adjacent to an activating group) is 1.